The molecule has 0 saturated heterocycles. The van der Waals surface area contributed by atoms with Crippen molar-refractivity contribution in [2.75, 3.05) is 13.1 Å². The zero-order valence-corrected chi connectivity index (χ0v) is 11.5. The van der Waals surface area contributed by atoms with Crippen LogP contribution >= 0.6 is 11.3 Å². The molecule has 1 aromatic heterocycles. The van der Waals surface area contributed by atoms with Gasteiger partial charge in [0.25, 0.3) is 0 Å². The number of aliphatic hydroxyl groups is 1. The number of carbonyl (C=O) groups excluding carboxylic acids is 1. The molecule has 6 nitrogen and oxygen atoms in total. The number of amides is 2. The summed E-state index contributed by atoms with van der Waals surface area (Å²) in [6.45, 7) is 1.75. The zero-order chi connectivity index (χ0) is 14.3. The van der Waals surface area contributed by atoms with Gasteiger partial charge in [-0.1, -0.05) is 6.07 Å². The van der Waals surface area contributed by atoms with Crippen LogP contribution in [0, 0.1) is 0 Å². The molecule has 0 radical (unpaired) electrons. The second kappa shape index (κ2) is 7.10. The van der Waals surface area contributed by atoms with Gasteiger partial charge >= 0.3 is 12.0 Å². The number of hydrogen-bond donors (Lipinski definition) is 4. The number of carboxylic acids is 1. The van der Waals surface area contributed by atoms with Gasteiger partial charge in [0.1, 0.15) is 0 Å². The van der Waals surface area contributed by atoms with Gasteiger partial charge in [-0.2, -0.15) is 0 Å². The van der Waals surface area contributed by atoms with Crippen molar-refractivity contribution in [3.63, 3.8) is 0 Å². The summed E-state index contributed by atoms with van der Waals surface area (Å²) in [7, 11) is 0. The van der Waals surface area contributed by atoms with Crippen molar-refractivity contribution in [1.82, 2.24) is 10.6 Å². The fraction of sp³-hybridized carbons (Fsp3) is 0.500. The van der Waals surface area contributed by atoms with E-state index in [2.05, 4.69) is 10.6 Å². The molecule has 0 saturated carbocycles. The predicted molar refractivity (Wildman–Crippen MR) is 72.3 cm³/mol. The first-order valence-corrected chi connectivity index (χ1v) is 6.75. The molecule has 0 spiro atoms. The van der Waals surface area contributed by atoms with Crippen LogP contribution in [0.4, 0.5) is 4.79 Å². The predicted octanol–water partition coefficient (Wildman–Crippen LogP) is 0.815. The highest BCUT2D eigenvalue weighted by atomic mass is 32.1. The van der Waals surface area contributed by atoms with E-state index in [-0.39, 0.29) is 6.54 Å². The lowest BCUT2D eigenvalue weighted by Gasteiger charge is -2.21. The van der Waals surface area contributed by atoms with E-state index in [9.17, 15) is 14.7 Å². The smallest absolute Gasteiger partial charge is 0.314 e. The third-order valence-electron chi connectivity index (χ3n) is 2.40. The van der Waals surface area contributed by atoms with Crippen LogP contribution in [-0.2, 0) is 11.2 Å². The van der Waals surface area contributed by atoms with Crippen LogP contribution < -0.4 is 10.6 Å². The number of nitrogens with one attached hydrogen (secondary N) is 2. The molecule has 0 bridgehead atoms. The van der Waals surface area contributed by atoms with E-state index in [0.29, 0.717) is 6.54 Å². The van der Waals surface area contributed by atoms with Gasteiger partial charge in [0.05, 0.1) is 12.0 Å². The number of carboxylic acid groups (broad SMARTS) is 1. The van der Waals surface area contributed by atoms with E-state index >= 15 is 0 Å². The third-order valence-corrected chi connectivity index (χ3v) is 3.34. The van der Waals surface area contributed by atoms with Crippen molar-refractivity contribution >= 4 is 23.3 Å². The lowest BCUT2D eigenvalue weighted by molar-refractivity contribution is -0.141. The fourth-order valence-electron chi connectivity index (χ4n) is 1.48. The topological polar surface area (TPSA) is 98.7 Å². The summed E-state index contributed by atoms with van der Waals surface area (Å²) in [5.74, 6) is -1.11. The van der Waals surface area contributed by atoms with Crippen LogP contribution in [0.1, 0.15) is 18.2 Å². The molecule has 0 fully saturated rings. The molecule has 7 heteroatoms. The number of hydrogen-bond acceptors (Lipinski definition) is 4. The average Bonchev–Trinajstić information content (AvgIpc) is 2.78. The monoisotopic (exact) mass is 286 g/mol. The Morgan fingerprint density at radius 2 is 2.16 bits per heavy atom. The van der Waals surface area contributed by atoms with Crippen molar-refractivity contribution in [1.29, 1.82) is 0 Å². The van der Waals surface area contributed by atoms with E-state index in [1.165, 1.54) is 11.8 Å². The van der Waals surface area contributed by atoms with Gasteiger partial charge < -0.3 is 20.8 Å². The van der Waals surface area contributed by atoms with E-state index in [4.69, 9.17) is 5.11 Å². The van der Waals surface area contributed by atoms with Crippen molar-refractivity contribution in [2.24, 2.45) is 0 Å². The van der Waals surface area contributed by atoms with Crippen LogP contribution in [0.25, 0.3) is 0 Å². The summed E-state index contributed by atoms with van der Waals surface area (Å²) >= 11 is 1.62. The molecule has 0 aliphatic carbocycles. The molecular weight excluding hydrogens is 268 g/mol. The summed E-state index contributed by atoms with van der Waals surface area (Å²) in [6, 6.07) is 3.52. The maximum absolute atomic E-state index is 11.4. The van der Waals surface area contributed by atoms with Gasteiger partial charge in [-0.3, -0.25) is 4.79 Å². The highest BCUT2D eigenvalue weighted by molar-refractivity contribution is 7.09. The minimum atomic E-state index is -1.45. The molecule has 106 valence electrons. The zero-order valence-electron chi connectivity index (χ0n) is 10.7. The number of carbonyl (C=O) groups is 2. The summed E-state index contributed by atoms with van der Waals surface area (Å²) in [5, 5.41) is 25.3. The summed E-state index contributed by atoms with van der Waals surface area (Å²) in [6.07, 6.45) is 0.332. The van der Waals surface area contributed by atoms with Crippen molar-refractivity contribution in [3.05, 3.63) is 22.4 Å². The number of thiophene rings is 1. The SMILES string of the molecule is CC(O)(CNC(=O)NCCc1cccs1)CC(=O)O. The van der Waals surface area contributed by atoms with Crippen molar-refractivity contribution < 1.29 is 19.8 Å². The molecule has 4 N–H and O–H groups in total. The van der Waals surface area contributed by atoms with E-state index in [1.54, 1.807) is 11.3 Å². The van der Waals surface area contributed by atoms with Crippen molar-refractivity contribution in [2.45, 2.75) is 25.4 Å². The summed E-state index contributed by atoms with van der Waals surface area (Å²) in [4.78, 5) is 23.1. The second-order valence-corrected chi connectivity index (χ2v) is 5.54. The van der Waals surface area contributed by atoms with E-state index in [1.807, 2.05) is 17.5 Å². The highest BCUT2D eigenvalue weighted by Gasteiger charge is 2.24. The second-order valence-electron chi connectivity index (χ2n) is 4.51. The van der Waals surface area contributed by atoms with Crippen LogP contribution in [0.15, 0.2) is 17.5 Å². The van der Waals surface area contributed by atoms with Gasteiger partial charge in [-0.05, 0) is 24.8 Å². The maximum Gasteiger partial charge on any atom is 0.314 e. The Balaban J connectivity index is 2.18. The Labute approximate surface area is 115 Å². The fourth-order valence-corrected chi connectivity index (χ4v) is 2.18. The quantitative estimate of drug-likeness (QED) is 0.596. The molecule has 0 aromatic carbocycles. The molecule has 0 aliphatic heterocycles. The lowest BCUT2D eigenvalue weighted by Crippen LogP contribution is -2.46. The van der Waals surface area contributed by atoms with Gasteiger partial charge in [-0.25, -0.2) is 4.79 Å². The average molecular weight is 286 g/mol. The number of rotatable bonds is 7. The molecule has 0 aliphatic rings. The Morgan fingerprint density at radius 1 is 1.42 bits per heavy atom. The Bertz CT molecular complexity index is 417. The molecule has 1 aromatic rings. The van der Waals surface area contributed by atoms with Crippen LogP contribution in [0.3, 0.4) is 0 Å². The van der Waals surface area contributed by atoms with E-state index < -0.39 is 24.0 Å². The highest BCUT2D eigenvalue weighted by Crippen LogP contribution is 2.08. The van der Waals surface area contributed by atoms with Gasteiger partial charge in [0.15, 0.2) is 0 Å². The summed E-state index contributed by atoms with van der Waals surface area (Å²) < 4.78 is 0. The van der Waals surface area contributed by atoms with Gasteiger partial charge in [0.2, 0.25) is 0 Å². The minimum Gasteiger partial charge on any atom is -0.481 e. The first-order chi connectivity index (χ1) is 8.89. The molecule has 2 amide bonds. The molecule has 19 heavy (non-hydrogen) atoms. The van der Waals surface area contributed by atoms with Gasteiger partial charge in [0, 0.05) is 18.0 Å². The third kappa shape index (κ3) is 6.78. The minimum absolute atomic E-state index is 0.107. The normalized spacial score (nSPS) is 13.6. The molecule has 1 rings (SSSR count). The van der Waals surface area contributed by atoms with Crippen molar-refractivity contribution in [3.8, 4) is 0 Å². The van der Waals surface area contributed by atoms with Crippen LogP contribution in [0.2, 0.25) is 0 Å². The first-order valence-electron chi connectivity index (χ1n) is 5.87. The largest absolute Gasteiger partial charge is 0.481 e. The molecule has 1 atom stereocenters. The summed E-state index contributed by atoms with van der Waals surface area (Å²) in [5.41, 5.74) is -1.45. The first kappa shape index (κ1) is 15.5. The Morgan fingerprint density at radius 3 is 2.74 bits per heavy atom. The maximum atomic E-state index is 11.4. The molecular formula is C12H18N2O4S. The van der Waals surface area contributed by atoms with Crippen LogP contribution in [-0.4, -0.2) is 40.9 Å². The number of aliphatic carboxylic acids is 1. The molecule has 1 unspecified atom stereocenters. The Hall–Kier alpha value is -1.60. The van der Waals surface area contributed by atoms with Crippen LogP contribution in [0.5, 0.6) is 0 Å². The Kier molecular flexibility index (Phi) is 5.78. The standard InChI is InChI=1S/C12H18N2O4S/c1-12(18,7-10(15)16)8-14-11(17)13-5-4-9-3-2-6-19-9/h2-3,6,18H,4-5,7-8H2,1H3,(H,15,16)(H2,13,14,17). The number of urea groups is 1. The lowest BCUT2D eigenvalue weighted by atomic mass is 10.0. The van der Waals surface area contributed by atoms with Gasteiger partial charge in [-0.15, -0.1) is 11.3 Å². The van der Waals surface area contributed by atoms with E-state index in [0.717, 1.165) is 6.42 Å². The molecule has 1 heterocycles.